The number of hydrogen-bond acceptors (Lipinski definition) is 4. The highest BCUT2D eigenvalue weighted by Crippen LogP contribution is 2.22. The van der Waals surface area contributed by atoms with E-state index in [1.165, 1.54) is 30.8 Å². The molecule has 4 heteroatoms. The van der Waals surface area contributed by atoms with Gasteiger partial charge in [-0.25, -0.2) is 4.98 Å². The molecule has 0 saturated carbocycles. The van der Waals surface area contributed by atoms with Crippen LogP contribution in [-0.2, 0) is 6.54 Å². The maximum atomic E-state index is 6.06. The predicted molar refractivity (Wildman–Crippen MR) is 68.5 cm³/mol. The van der Waals surface area contributed by atoms with Crippen molar-refractivity contribution in [3.63, 3.8) is 0 Å². The minimum Gasteiger partial charge on any atom is -0.327 e. The van der Waals surface area contributed by atoms with E-state index in [1.807, 2.05) is 0 Å². The van der Waals surface area contributed by atoms with Crippen molar-refractivity contribution in [1.29, 1.82) is 0 Å². The van der Waals surface area contributed by atoms with Crippen molar-refractivity contribution in [1.82, 2.24) is 9.88 Å². The number of aryl methyl sites for hydroxylation is 1. The van der Waals surface area contributed by atoms with E-state index in [9.17, 15) is 0 Å². The Morgan fingerprint density at radius 1 is 1.62 bits per heavy atom. The number of piperidine rings is 1. The van der Waals surface area contributed by atoms with Gasteiger partial charge in [-0.2, -0.15) is 0 Å². The third-order valence-corrected chi connectivity index (χ3v) is 4.23. The monoisotopic (exact) mass is 239 g/mol. The SMILES string of the molecule is Cc1csc(CN2CCCCC2C(C)N)n1. The fraction of sp³-hybridized carbons (Fsp3) is 0.750. The lowest BCUT2D eigenvalue weighted by Crippen LogP contribution is -2.48. The molecule has 1 aliphatic rings. The van der Waals surface area contributed by atoms with Gasteiger partial charge in [-0.15, -0.1) is 11.3 Å². The third-order valence-electron chi connectivity index (χ3n) is 3.28. The van der Waals surface area contributed by atoms with Gasteiger partial charge in [0.2, 0.25) is 0 Å². The predicted octanol–water partition coefficient (Wildman–Crippen LogP) is 2.15. The van der Waals surface area contributed by atoms with Crippen molar-refractivity contribution in [3.05, 3.63) is 16.1 Å². The summed E-state index contributed by atoms with van der Waals surface area (Å²) in [5, 5.41) is 3.35. The minimum absolute atomic E-state index is 0.265. The van der Waals surface area contributed by atoms with E-state index < -0.39 is 0 Å². The molecule has 16 heavy (non-hydrogen) atoms. The summed E-state index contributed by atoms with van der Waals surface area (Å²) < 4.78 is 0. The van der Waals surface area contributed by atoms with Crippen LogP contribution in [0.2, 0.25) is 0 Å². The smallest absolute Gasteiger partial charge is 0.107 e. The van der Waals surface area contributed by atoms with Crippen molar-refractivity contribution in [3.8, 4) is 0 Å². The summed E-state index contributed by atoms with van der Waals surface area (Å²) in [6.45, 7) is 6.32. The molecule has 0 aromatic carbocycles. The molecule has 3 nitrogen and oxygen atoms in total. The van der Waals surface area contributed by atoms with E-state index in [0.717, 1.165) is 12.2 Å². The Morgan fingerprint density at radius 2 is 2.44 bits per heavy atom. The lowest BCUT2D eigenvalue weighted by molar-refractivity contribution is 0.123. The molecule has 1 aromatic rings. The quantitative estimate of drug-likeness (QED) is 0.879. The molecule has 0 aliphatic carbocycles. The average molecular weight is 239 g/mol. The Hall–Kier alpha value is -0.450. The van der Waals surface area contributed by atoms with Crippen LogP contribution in [0.25, 0.3) is 0 Å². The fourth-order valence-corrected chi connectivity index (χ4v) is 3.25. The topological polar surface area (TPSA) is 42.1 Å². The molecule has 2 unspecified atom stereocenters. The van der Waals surface area contributed by atoms with Gasteiger partial charge in [-0.3, -0.25) is 4.90 Å². The molecule has 2 N–H and O–H groups in total. The van der Waals surface area contributed by atoms with E-state index in [4.69, 9.17) is 5.73 Å². The van der Waals surface area contributed by atoms with E-state index in [0.29, 0.717) is 6.04 Å². The third kappa shape index (κ3) is 2.81. The van der Waals surface area contributed by atoms with Crippen LogP contribution < -0.4 is 5.73 Å². The summed E-state index contributed by atoms with van der Waals surface area (Å²) in [4.78, 5) is 7.04. The molecule has 1 aromatic heterocycles. The zero-order valence-electron chi connectivity index (χ0n) is 10.1. The molecule has 2 atom stereocenters. The second kappa shape index (κ2) is 5.25. The molecule has 1 saturated heterocycles. The first-order valence-corrected chi connectivity index (χ1v) is 6.95. The van der Waals surface area contributed by atoms with Gasteiger partial charge in [0.15, 0.2) is 0 Å². The lowest BCUT2D eigenvalue weighted by Gasteiger charge is -2.37. The van der Waals surface area contributed by atoms with Crippen LogP contribution in [0, 0.1) is 6.92 Å². The Morgan fingerprint density at radius 3 is 3.06 bits per heavy atom. The van der Waals surface area contributed by atoms with Gasteiger partial charge in [0.05, 0.1) is 6.54 Å². The first-order chi connectivity index (χ1) is 7.66. The summed E-state index contributed by atoms with van der Waals surface area (Å²) in [5.74, 6) is 0. The zero-order chi connectivity index (χ0) is 11.5. The highest BCUT2D eigenvalue weighted by molar-refractivity contribution is 7.09. The Bertz CT molecular complexity index is 335. The average Bonchev–Trinajstić information content (AvgIpc) is 2.64. The number of aromatic nitrogens is 1. The highest BCUT2D eigenvalue weighted by atomic mass is 32.1. The number of thiazole rings is 1. The molecular formula is C12H21N3S. The Kier molecular flexibility index (Phi) is 3.95. The normalized spacial score (nSPS) is 24.6. The number of hydrogen-bond donors (Lipinski definition) is 1. The number of rotatable bonds is 3. The number of likely N-dealkylation sites (tertiary alicyclic amines) is 1. The van der Waals surface area contributed by atoms with Crippen LogP contribution in [0.5, 0.6) is 0 Å². The van der Waals surface area contributed by atoms with Gasteiger partial charge in [0, 0.05) is 23.2 Å². The summed E-state index contributed by atoms with van der Waals surface area (Å²) in [7, 11) is 0. The largest absolute Gasteiger partial charge is 0.327 e. The van der Waals surface area contributed by atoms with Crippen LogP contribution >= 0.6 is 11.3 Å². The first kappa shape index (κ1) is 12.0. The molecule has 90 valence electrons. The van der Waals surface area contributed by atoms with Gasteiger partial charge in [-0.1, -0.05) is 6.42 Å². The highest BCUT2D eigenvalue weighted by Gasteiger charge is 2.25. The molecule has 0 spiro atoms. The summed E-state index contributed by atoms with van der Waals surface area (Å²) >= 11 is 1.76. The standard InChI is InChI=1S/C12H21N3S/c1-9-8-16-12(14-9)7-15-6-4-3-5-11(15)10(2)13/h8,10-11H,3-7,13H2,1-2H3. The molecule has 2 heterocycles. The van der Waals surface area contributed by atoms with Crippen LogP contribution in [0.15, 0.2) is 5.38 Å². The Labute approximate surface area is 102 Å². The molecule has 0 amide bonds. The van der Waals surface area contributed by atoms with Crippen molar-refractivity contribution < 1.29 is 0 Å². The van der Waals surface area contributed by atoms with E-state index in [-0.39, 0.29) is 6.04 Å². The maximum Gasteiger partial charge on any atom is 0.107 e. The maximum absolute atomic E-state index is 6.06. The van der Waals surface area contributed by atoms with Gasteiger partial charge >= 0.3 is 0 Å². The molecule has 0 bridgehead atoms. The van der Waals surface area contributed by atoms with Gasteiger partial charge < -0.3 is 5.73 Å². The van der Waals surface area contributed by atoms with Crippen molar-refractivity contribution in [2.45, 2.75) is 51.7 Å². The van der Waals surface area contributed by atoms with Crippen molar-refractivity contribution in [2.75, 3.05) is 6.54 Å². The molecule has 1 aliphatic heterocycles. The fourth-order valence-electron chi connectivity index (χ4n) is 2.46. The summed E-state index contributed by atoms with van der Waals surface area (Å²) in [5.41, 5.74) is 7.19. The number of nitrogens with two attached hydrogens (primary N) is 1. The molecule has 0 radical (unpaired) electrons. The second-order valence-electron chi connectivity index (χ2n) is 4.78. The van der Waals surface area contributed by atoms with Crippen LogP contribution in [0.1, 0.15) is 36.9 Å². The van der Waals surface area contributed by atoms with E-state index >= 15 is 0 Å². The van der Waals surface area contributed by atoms with Crippen molar-refractivity contribution in [2.24, 2.45) is 5.73 Å². The molecule has 1 fully saturated rings. The zero-order valence-corrected chi connectivity index (χ0v) is 11.0. The Balaban J connectivity index is 2.01. The van der Waals surface area contributed by atoms with Crippen molar-refractivity contribution >= 4 is 11.3 Å². The van der Waals surface area contributed by atoms with E-state index in [2.05, 4.69) is 29.1 Å². The minimum atomic E-state index is 0.265. The summed E-state index contributed by atoms with van der Waals surface area (Å²) in [6.07, 6.45) is 3.86. The van der Waals surface area contributed by atoms with Crippen LogP contribution in [0.4, 0.5) is 0 Å². The first-order valence-electron chi connectivity index (χ1n) is 6.07. The van der Waals surface area contributed by atoms with Gasteiger partial charge in [-0.05, 0) is 33.2 Å². The molecular weight excluding hydrogens is 218 g/mol. The lowest BCUT2D eigenvalue weighted by atomic mass is 9.97. The number of nitrogens with zero attached hydrogens (tertiary/aromatic N) is 2. The van der Waals surface area contributed by atoms with Crippen LogP contribution in [0.3, 0.4) is 0 Å². The van der Waals surface area contributed by atoms with Gasteiger partial charge in [0.1, 0.15) is 5.01 Å². The second-order valence-corrected chi connectivity index (χ2v) is 5.72. The van der Waals surface area contributed by atoms with E-state index in [1.54, 1.807) is 11.3 Å². The summed E-state index contributed by atoms with van der Waals surface area (Å²) in [6, 6.07) is 0.805. The van der Waals surface area contributed by atoms with Crippen LogP contribution in [-0.4, -0.2) is 28.5 Å². The molecule has 2 rings (SSSR count). The van der Waals surface area contributed by atoms with Gasteiger partial charge in [0.25, 0.3) is 0 Å².